The van der Waals surface area contributed by atoms with Gasteiger partial charge in [-0.05, 0) is 63.9 Å². The van der Waals surface area contributed by atoms with Gasteiger partial charge in [0.2, 0.25) is 5.91 Å². The monoisotopic (exact) mass is 447 g/mol. The van der Waals surface area contributed by atoms with Crippen molar-refractivity contribution < 1.29 is 9.53 Å². The molecule has 0 spiro atoms. The van der Waals surface area contributed by atoms with E-state index in [1.165, 1.54) is 6.42 Å². The summed E-state index contributed by atoms with van der Waals surface area (Å²) in [5, 5.41) is 4.01. The predicted molar refractivity (Wildman–Crippen MR) is 116 cm³/mol. The number of carbonyl (C=O) groups excluding carboxylic acids is 1. The van der Waals surface area contributed by atoms with Crippen molar-refractivity contribution in [1.29, 1.82) is 0 Å². The summed E-state index contributed by atoms with van der Waals surface area (Å²) in [6, 6.07) is 2.92. The second kappa shape index (κ2) is 10.5. The van der Waals surface area contributed by atoms with E-state index in [1.54, 1.807) is 12.1 Å². The van der Waals surface area contributed by atoms with Gasteiger partial charge >= 0.3 is 0 Å². The van der Waals surface area contributed by atoms with Crippen LogP contribution in [0.2, 0.25) is 15.1 Å². The molecule has 2 saturated heterocycles. The number of ether oxygens (including phenoxy) is 1. The van der Waals surface area contributed by atoms with Gasteiger partial charge in [0.25, 0.3) is 0 Å². The normalized spacial score (nSPS) is 20.9. The molecule has 2 aliphatic rings. The van der Waals surface area contributed by atoms with Crippen LogP contribution in [0.5, 0.6) is 0 Å². The number of piperidine rings is 1. The Morgan fingerprint density at radius 1 is 1.11 bits per heavy atom. The summed E-state index contributed by atoms with van der Waals surface area (Å²) in [5.41, 5.74) is 0.494. The number of likely N-dealkylation sites (tertiary alicyclic amines) is 1. The summed E-state index contributed by atoms with van der Waals surface area (Å²) in [5.74, 6) is 0.658. The molecule has 0 radical (unpaired) electrons. The average Bonchev–Trinajstić information content (AvgIpc) is 2.71. The van der Waals surface area contributed by atoms with E-state index in [0.29, 0.717) is 20.8 Å². The third-order valence-electron chi connectivity index (χ3n) is 5.80. The van der Waals surface area contributed by atoms with Gasteiger partial charge in [-0.1, -0.05) is 34.8 Å². The quantitative estimate of drug-likeness (QED) is 0.655. The molecule has 0 aromatic heterocycles. The molecule has 156 valence electrons. The van der Waals surface area contributed by atoms with Gasteiger partial charge in [0, 0.05) is 13.1 Å². The van der Waals surface area contributed by atoms with Crippen LogP contribution in [-0.4, -0.2) is 67.7 Å². The highest BCUT2D eigenvalue weighted by Crippen LogP contribution is 2.32. The Kier molecular flexibility index (Phi) is 8.27. The van der Waals surface area contributed by atoms with Crippen molar-refractivity contribution >= 4 is 46.4 Å². The van der Waals surface area contributed by atoms with E-state index in [0.717, 1.165) is 64.7 Å². The molecule has 2 fully saturated rings. The van der Waals surface area contributed by atoms with Crippen molar-refractivity contribution in [1.82, 2.24) is 9.80 Å². The lowest BCUT2D eigenvalue weighted by Crippen LogP contribution is -2.46. The number of nitrogens with one attached hydrogen (secondary N) is 1. The predicted octanol–water partition coefficient (Wildman–Crippen LogP) is 4.41. The molecule has 2 heterocycles. The molecule has 1 amide bonds. The fraction of sp³-hybridized carbons (Fsp3) is 0.650. The number of hydrogen-bond donors (Lipinski definition) is 1. The molecule has 0 saturated carbocycles. The van der Waals surface area contributed by atoms with Crippen LogP contribution in [0, 0.1) is 5.92 Å². The SMILES string of the molecule is CC(C(=O)Nc1cc(Cl)c(Cl)cc1Cl)N1CCC(CCN2CCOCC2)CC1. The largest absolute Gasteiger partial charge is 0.379 e. The zero-order chi connectivity index (χ0) is 20.1. The fourth-order valence-electron chi connectivity index (χ4n) is 3.84. The molecule has 1 atom stereocenters. The minimum absolute atomic E-state index is 0.0768. The molecule has 5 nitrogen and oxygen atoms in total. The first-order valence-electron chi connectivity index (χ1n) is 9.93. The van der Waals surface area contributed by atoms with E-state index in [2.05, 4.69) is 15.1 Å². The minimum Gasteiger partial charge on any atom is -0.379 e. The Hall–Kier alpha value is -0.560. The molecule has 1 aromatic carbocycles. The highest BCUT2D eigenvalue weighted by molar-refractivity contribution is 6.44. The van der Waals surface area contributed by atoms with Gasteiger partial charge in [-0.2, -0.15) is 0 Å². The first-order chi connectivity index (χ1) is 13.4. The van der Waals surface area contributed by atoms with E-state index >= 15 is 0 Å². The Balaban J connectivity index is 1.44. The average molecular weight is 449 g/mol. The molecule has 3 rings (SSSR count). The van der Waals surface area contributed by atoms with Gasteiger partial charge in [0.05, 0.1) is 40.0 Å². The number of morpholine rings is 1. The molecule has 1 N–H and O–H groups in total. The second-order valence-electron chi connectivity index (χ2n) is 7.63. The van der Waals surface area contributed by atoms with Crippen molar-refractivity contribution in [3.8, 4) is 0 Å². The van der Waals surface area contributed by atoms with Crippen molar-refractivity contribution in [2.75, 3.05) is 51.3 Å². The van der Waals surface area contributed by atoms with Crippen molar-refractivity contribution in [3.05, 3.63) is 27.2 Å². The topological polar surface area (TPSA) is 44.8 Å². The highest BCUT2D eigenvalue weighted by Gasteiger charge is 2.27. The number of anilines is 1. The van der Waals surface area contributed by atoms with E-state index in [1.807, 2.05) is 6.92 Å². The lowest BCUT2D eigenvalue weighted by atomic mass is 9.92. The fourth-order valence-corrected chi connectivity index (χ4v) is 4.43. The summed E-state index contributed by atoms with van der Waals surface area (Å²) in [4.78, 5) is 17.4. The maximum Gasteiger partial charge on any atom is 0.241 e. The van der Waals surface area contributed by atoms with Crippen LogP contribution in [0.4, 0.5) is 5.69 Å². The van der Waals surface area contributed by atoms with Crippen LogP contribution in [-0.2, 0) is 9.53 Å². The Bertz CT molecular complexity index is 675. The van der Waals surface area contributed by atoms with Gasteiger partial charge in [-0.15, -0.1) is 0 Å². The smallest absolute Gasteiger partial charge is 0.241 e. The van der Waals surface area contributed by atoms with Gasteiger partial charge in [0.1, 0.15) is 0 Å². The number of halogens is 3. The Morgan fingerprint density at radius 2 is 1.75 bits per heavy atom. The van der Waals surface area contributed by atoms with Gasteiger partial charge in [-0.3, -0.25) is 14.6 Å². The van der Waals surface area contributed by atoms with Gasteiger partial charge in [0.15, 0.2) is 0 Å². The number of rotatable bonds is 6. The van der Waals surface area contributed by atoms with Gasteiger partial charge in [-0.25, -0.2) is 0 Å². The Labute approximate surface area is 182 Å². The van der Waals surface area contributed by atoms with Crippen LogP contribution >= 0.6 is 34.8 Å². The highest BCUT2D eigenvalue weighted by atomic mass is 35.5. The van der Waals surface area contributed by atoms with Gasteiger partial charge < -0.3 is 10.1 Å². The summed E-state index contributed by atoms with van der Waals surface area (Å²) in [6.07, 6.45) is 3.50. The van der Waals surface area contributed by atoms with E-state index in [9.17, 15) is 4.79 Å². The van der Waals surface area contributed by atoms with Crippen LogP contribution < -0.4 is 5.32 Å². The number of amides is 1. The third kappa shape index (κ3) is 5.97. The molecule has 28 heavy (non-hydrogen) atoms. The molecule has 1 aromatic rings. The van der Waals surface area contributed by atoms with Crippen molar-refractivity contribution in [2.45, 2.75) is 32.2 Å². The van der Waals surface area contributed by atoms with E-state index in [-0.39, 0.29) is 11.9 Å². The number of carbonyl (C=O) groups is 1. The van der Waals surface area contributed by atoms with Crippen molar-refractivity contribution in [2.24, 2.45) is 5.92 Å². The first-order valence-corrected chi connectivity index (χ1v) is 11.1. The van der Waals surface area contributed by atoms with Crippen LogP contribution in [0.3, 0.4) is 0 Å². The van der Waals surface area contributed by atoms with Crippen LogP contribution in [0.1, 0.15) is 26.2 Å². The zero-order valence-electron chi connectivity index (χ0n) is 16.2. The van der Waals surface area contributed by atoms with E-state index in [4.69, 9.17) is 39.5 Å². The zero-order valence-corrected chi connectivity index (χ0v) is 18.5. The lowest BCUT2D eigenvalue weighted by molar-refractivity contribution is -0.121. The van der Waals surface area contributed by atoms with Crippen molar-refractivity contribution in [3.63, 3.8) is 0 Å². The second-order valence-corrected chi connectivity index (χ2v) is 8.86. The maximum atomic E-state index is 12.7. The molecular weight excluding hydrogens is 421 g/mol. The summed E-state index contributed by atoms with van der Waals surface area (Å²) in [6.45, 7) is 8.78. The molecule has 0 aliphatic carbocycles. The summed E-state index contributed by atoms with van der Waals surface area (Å²) >= 11 is 18.2. The van der Waals surface area contributed by atoms with E-state index < -0.39 is 0 Å². The molecule has 8 heteroatoms. The number of benzene rings is 1. The standard InChI is InChI=1S/C20H28Cl3N3O2/c1-14(20(27)24-19-13-17(22)16(21)12-18(19)23)26-6-3-15(4-7-26)2-5-25-8-10-28-11-9-25/h12-15H,2-11H2,1H3,(H,24,27). The minimum atomic E-state index is -0.217. The molecular formula is C20H28Cl3N3O2. The molecule has 1 unspecified atom stereocenters. The Morgan fingerprint density at radius 3 is 2.43 bits per heavy atom. The first kappa shape index (κ1) is 22.1. The third-order valence-corrected chi connectivity index (χ3v) is 6.84. The molecule has 2 aliphatic heterocycles. The summed E-state index contributed by atoms with van der Waals surface area (Å²) in [7, 11) is 0. The number of hydrogen-bond acceptors (Lipinski definition) is 4. The lowest BCUT2D eigenvalue weighted by Gasteiger charge is -2.36. The maximum absolute atomic E-state index is 12.7. The molecule has 0 bridgehead atoms. The van der Waals surface area contributed by atoms with Crippen LogP contribution in [0.25, 0.3) is 0 Å². The number of nitrogens with zero attached hydrogens (tertiary/aromatic N) is 2. The van der Waals surface area contributed by atoms with Crippen LogP contribution in [0.15, 0.2) is 12.1 Å². The summed E-state index contributed by atoms with van der Waals surface area (Å²) < 4.78 is 5.41.